The number of nitrogens with zero attached hydrogens (tertiary/aromatic N) is 2. The maximum absolute atomic E-state index is 13.3. The zero-order valence-corrected chi connectivity index (χ0v) is 18.6. The zero-order chi connectivity index (χ0) is 22.9. The lowest BCUT2D eigenvalue weighted by Gasteiger charge is -2.23. The van der Waals surface area contributed by atoms with E-state index >= 15 is 0 Å². The number of aromatic amines is 1. The second-order valence-corrected chi connectivity index (χ2v) is 8.86. The molecule has 0 aliphatic carbocycles. The van der Waals surface area contributed by atoms with Crippen molar-refractivity contribution in [2.75, 3.05) is 0 Å². The molecule has 0 saturated heterocycles. The van der Waals surface area contributed by atoms with Crippen LogP contribution in [-0.4, -0.2) is 26.2 Å². The maximum atomic E-state index is 13.3. The van der Waals surface area contributed by atoms with Crippen LogP contribution < -0.4 is 5.32 Å². The molecular weight excluding hydrogens is 407 g/mol. The van der Waals surface area contributed by atoms with Crippen LogP contribution in [0.3, 0.4) is 0 Å². The second-order valence-electron chi connectivity index (χ2n) is 8.86. The Balaban J connectivity index is 1.66. The molecule has 7 heteroatoms. The van der Waals surface area contributed by atoms with E-state index in [1.54, 1.807) is 18.3 Å². The number of para-hydroxylation sites is 1. The van der Waals surface area contributed by atoms with Gasteiger partial charge in [0, 0.05) is 42.3 Å². The Hall–Kier alpha value is -3.61. The topological polar surface area (TPSA) is 71.9 Å². The van der Waals surface area contributed by atoms with E-state index < -0.39 is 17.7 Å². The summed E-state index contributed by atoms with van der Waals surface area (Å²) in [6.45, 7) is 5.48. The molecule has 0 aliphatic rings. The minimum atomic E-state index is -0.615. The maximum Gasteiger partial charge on any atom is 0.408 e. The number of carbonyl (C=O) groups is 1. The van der Waals surface area contributed by atoms with Crippen LogP contribution in [0.1, 0.15) is 38.2 Å². The van der Waals surface area contributed by atoms with Gasteiger partial charge in [0.1, 0.15) is 17.2 Å². The van der Waals surface area contributed by atoms with E-state index in [2.05, 4.69) is 38.2 Å². The van der Waals surface area contributed by atoms with E-state index in [-0.39, 0.29) is 5.82 Å². The summed E-state index contributed by atoms with van der Waals surface area (Å²) in [7, 11) is 2.00. The lowest BCUT2D eigenvalue weighted by Crippen LogP contribution is -2.36. The number of benzene rings is 2. The smallest absolute Gasteiger partial charge is 0.408 e. The van der Waals surface area contributed by atoms with Gasteiger partial charge < -0.3 is 19.6 Å². The summed E-state index contributed by atoms with van der Waals surface area (Å²) < 4.78 is 20.9. The first-order valence-electron chi connectivity index (χ1n) is 10.5. The highest BCUT2D eigenvalue weighted by Crippen LogP contribution is 2.27. The molecule has 2 aromatic heterocycles. The molecule has 0 bridgehead atoms. The second kappa shape index (κ2) is 8.49. The SMILES string of the molecule is Cn1cc(C[C@@H](NC(=O)OC(C)(C)C)c2nc(-c3ccc(F)cc3)c[nH]2)c2ccccc21. The third-order valence-corrected chi connectivity index (χ3v) is 5.16. The van der Waals surface area contributed by atoms with Crippen LogP contribution in [0.4, 0.5) is 9.18 Å². The average Bonchev–Trinajstić information content (AvgIpc) is 3.33. The predicted molar refractivity (Wildman–Crippen MR) is 123 cm³/mol. The van der Waals surface area contributed by atoms with Gasteiger partial charge in [0.05, 0.1) is 11.7 Å². The number of nitrogens with one attached hydrogen (secondary N) is 2. The molecular formula is C25H27FN4O2. The molecule has 4 aromatic rings. The first kappa shape index (κ1) is 21.6. The van der Waals surface area contributed by atoms with Crippen molar-refractivity contribution in [2.45, 2.75) is 38.8 Å². The fourth-order valence-corrected chi connectivity index (χ4v) is 3.76. The van der Waals surface area contributed by atoms with Crippen LogP contribution in [0, 0.1) is 5.82 Å². The van der Waals surface area contributed by atoms with Crippen LogP contribution in [0.5, 0.6) is 0 Å². The van der Waals surface area contributed by atoms with E-state index in [1.807, 2.05) is 40.0 Å². The number of rotatable bonds is 5. The van der Waals surface area contributed by atoms with Gasteiger partial charge in [0.25, 0.3) is 0 Å². The van der Waals surface area contributed by atoms with Crippen LogP contribution in [0.25, 0.3) is 22.2 Å². The van der Waals surface area contributed by atoms with Crippen LogP contribution in [-0.2, 0) is 18.2 Å². The number of alkyl carbamates (subject to hydrolysis) is 1. The number of imidazole rings is 1. The largest absolute Gasteiger partial charge is 0.444 e. The summed E-state index contributed by atoms with van der Waals surface area (Å²) in [6.07, 6.45) is 3.84. The van der Waals surface area contributed by atoms with Gasteiger partial charge >= 0.3 is 6.09 Å². The van der Waals surface area contributed by atoms with Gasteiger partial charge in [-0.15, -0.1) is 0 Å². The van der Waals surface area contributed by atoms with Gasteiger partial charge in [0.15, 0.2) is 0 Å². The van der Waals surface area contributed by atoms with Crippen molar-refractivity contribution in [3.05, 3.63) is 78.1 Å². The molecule has 0 fully saturated rings. The van der Waals surface area contributed by atoms with Crippen molar-refractivity contribution in [3.8, 4) is 11.3 Å². The Kier molecular flexibility index (Phi) is 5.74. The molecule has 1 amide bonds. The number of hydrogen-bond donors (Lipinski definition) is 2. The van der Waals surface area contributed by atoms with Gasteiger partial charge in [-0.3, -0.25) is 0 Å². The van der Waals surface area contributed by atoms with Crippen LogP contribution in [0.2, 0.25) is 0 Å². The minimum absolute atomic E-state index is 0.301. The minimum Gasteiger partial charge on any atom is -0.444 e. The van der Waals surface area contributed by atoms with Crippen LogP contribution in [0.15, 0.2) is 60.9 Å². The number of carbonyl (C=O) groups excluding carboxylic acids is 1. The molecule has 166 valence electrons. The Morgan fingerprint density at radius 2 is 1.91 bits per heavy atom. The molecule has 6 nitrogen and oxygen atoms in total. The number of fused-ring (bicyclic) bond motifs is 1. The summed E-state index contributed by atoms with van der Waals surface area (Å²) in [6, 6.07) is 13.9. The molecule has 32 heavy (non-hydrogen) atoms. The van der Waals surface area contributed by atoms with Gasteiger partial charge in [-0.25, -0.2) is 14.2 Å². The first-order valence-corrected chi connectivity index (χ1v) is 10.5. The lowest BCUT2D eigenvalue weighted by atomic mass is 10.0. The molecule has 2 heterocycles. The van der Waals surface area contributed by atoms with Gasteiger partial charge in [-0.05, 0) is 56.7 Å². The van der Waals surface area contributed by atoms with E-state index in [4.69, 9.17) is 4.74 Å². The average molecular weight is 435 g/mol. The van der Waals surface area contributed by atoms with Crippen molar-refractivity contribution >= 4 is 17.0 Å². The summed E-state index contributed by atoms with van der Waals surface area (Å²) in [5, 5.41) is 4.08. The highest BCUT2D eigenvalue weighted by molar-refractivity contribution is 5.84. The predicted octanol–water partition coefficient (Wildman–Crippen LogP) is 5.52. The quantitative estimate of drug-likeness (QED) is 0.435. The molecule has 0 unspecified atom stereocenters. The number of amides is 1. The molecule has 1 atom stereocenters. The Labute approximate surface area is 186 Å². The summed E-state index contributed by atoms with van der Waals surface area (Å²) >= 11 is 0. The summed E-state index contributed by atoms with van der Waals surface area (Å²) in [5.41, 5.74) is 3.05. The molecule has 0 spiro atoms. The fraction of sp³-hybridized carbons (Fsp3) is 0.280. The molecule has 0 saturated carbocycles. The van der Waals surface area contributed by atoms with E-state index in [1.165, 1.54) is 12.1 Å². The van der Waals surface area contributed by atoms with Crippen molar-refractivity contribution in [1.82, 2.24) is 19.9 Å². The number of aromatic nitrogens is 3. The number of hydrogen-bond acceptors (Lipinski definition) is 3. The molecule has 0 aliphatic heterocycles. The normalized spacial score (nSPS) is 12.7. The highest BCUT2D eigenvalue weighted by atomic mass is 19.1. The van der Waals surface area contributed by atoms with Gasteiger partial charge in [0.2, 0.25) is 0 Å². The molecule has 0 radical (unpaired) electrons. The Bertz CT molecular complexity index is 1240. The van der Waals surface area contributed by atoms with Crippen molar-refractivity contribution in [2.24, 2.45) is 7.05 Å². The third kappa shape index (κ3) is 4.82. The first-order chi connectivity index (χ1) is 15.2. The fourth-order valence-electron chi connectivity index (χ4n) is 3.76. The van der Waals surface area contributed by atoms with E-state index in [9.17, 15) is 9.18 Å². The number of halogens is 1. The van der Waals surface area contributed by atoms with E-state index in [0.29, 0.717) is 17.9 Å². The third-order valence-electron chi connectivity index (χ3n) is 5.16. The van der Waals surface area contributed by atoms with Crippen molar-refractivity contribution in [3.63, 3.8) is 0 Å². The lowest BCUT2D eigenvalue weighted by molar-refractivity contribution is 0.0501. The van der Waals surface area contributed by atoms with E-state index in [0.717, 1.165) is 22.0 Å². The van der Waals surface area contributed by atoms with Crippen molar-refractivity contribution in [1.29, 1.82) is 0 Å². The summed E-state index contributed by atoms with van der Waals surface area (Å²) in [4.78, 5) is 20.5. The van der Waals surface area contributed by atoms with Gasteiger partial charge in [-0.2, -0.15) is 0 Å². The number of ether oxygens (including phenoxy) is 1. The summed E-state index contributed by atoms with van der Waals surface area (Å²) in [5.74, 6) is 0.299. The Morgan fingerprint density at radius 3 is 2.62 bits per heavy atom. The zero-order valence-electron chi connectivity index (χ0n) is 18.6. The molecule has 2 N–H and O–H groups in total. The number of aryl methyl sites for hydroxylation is 1. The Morgan fingerprint density at radius 1 is 1.19 bits per heavy atom. The van der Waals surface area contributed by atoms with Crippen molar-refractivity contribution < 1.29 is 13.9 Å². The van der Waals surface area contributed by atoms with Gasteiger partial charge in [-0.1, -0.05) is 18.2 Å². The number of H-pyrrole nitrogens is 1. The molecule has 4 rings (SSSR count). The van der Waals surface area contributed by atoms with Crippen LogP contribution >= 0.6 is 0 Å². The standard InChI is InChI=1S/C25H27FN4O2/c1-25(2,3)32-24(31)29-20(13-17-15-30(4)22-8-6-5-7-19(17)22)23-27-14-21(28-23)16-9-11-18(26)12-10-16/h5-12,14-15,20H,13H2,1-4H3,(H,27,28)(H,29,31)/t20-/m1/s1. The monoisotopic (exact) mass is 434 g/mol. The highest BCUT2D eigenvalue weighted by Gasteiger charge is 2.24. The molecule has 2 aromatic carbocycles.